The van der Waals surface area contributed by atoms with Crippen molar-refractivity contribution in [2.24, 2.45) is 5.92 Å². The normalized spacial score (nSPS) is 10.7. The van der Waals surface area contributed by atoms with Crippen molar-refractivity contribution in [1.29, 1.82) is 0 Å². The molecule has 72 valence electrons. The van der Waals surface area contributed by atoms with Crippen molar-refractivity contribution in [3.8, 4) is 0 Å². The summed E-state index contributed by atoms with van der Waals surface area (Å²) in [7, 11) is 0. The highest BCUT2D eigenvalue weighted by molar-refractivity contribution is 5.68. The van der Waals surface area contributed by atoms with E-state index in [1.165, 1.54) is 0 Å². The molecule has 1 rings (SSSR count). The highest BCUT2D eigenvalue weighted by Gasteiger charge is 2.08. The van der Waals surface area contributed by atoms with E-state index in [-0.39, 0.29) is 12.3 Å². The molecule has 0 saturated heterocycles. The van der Waals surface area contributed by atoms with Crippen LogP contribution in [0.15, 0.2) is 10.6 Å². The van der Waals surface area contributed by atoms with Crippen LogP contribution in [0.25, 0.3) is 0 Å². The fraction of sp³-hybridized carbons (Fsp3) is 0.556. The van der Waals surface area contributed by atoms with Crippen molar-refractivity contribution in [3.05, 3.63) is 17.8 Å². The number of aromatic nitrogens is 1. The first-order valence-corrected chi connectivity index (χ1v) is 4.23. The molecule has 0 aliphatic carbocycles. The van der Waals surface area contributed by atoms with Crippen molar-refractivity contribution in [2.45, 2.75) is 26.7 Å². The molecular formula is C9H13NO3. The summed E-state index contributed by atoms with van der Waals surface area (Å²) < 4.78 is 5.21. The third-order valence-electron chi connectivity index (χ3n) is 1.51. The second-order valence-electron chi connectivity index (χ2n) is 3.39. The lowest BCUT2D eigenvalue weighted by atomic mass is 10.1. The van der Waals surface area contributed by atoms with Crippen LogP contribution in [-0.2, 0) is 17.6 Å². The van der Waals surface area contributed by atoms with Crippen LogP contribution < -0.4 is 0 Å². The minimum atomic E-state index is -0.919. The number of oxazole rings is 1. The first-order valence-electron chi connectivity index (χ1n) is 4.23. The van der Waals surface area contributed by atoms with Crippen molar-refractivity contribution < 1.29 is 14.3 Å². The summed E-state index contributed by atoms with van der Waals surface area (Å²) in [6.45, 7) is 4.14. The van der Waals surface area contributed by atoms with Gasteiger partial charge in [-0.2, -0.15) is 0 Å². The van der Waals surface area contributed by atoms with Crippen LogP contribution in [0.4, 0.5) is 0 Å². The van der Waals surface area contributed by atoms with E-state index < -0.39 is 5.97 Å². The maximum Gasteiger partial charge on any atom is 0.312 e. The molecule has 4 heteroatoms. The van der Waals surface area contributed by atoms with Crippen LogP contribution in [-0.4, -0.2) is 16.1 Å². The van der Waals surface area contributed by atoms with Crippen molar-refractivity contribution >= 4 is 5.97 Å². The Balaban J connectivity index is 2.58. The van der Waals surface area contributed by atoms with Crippen LogP contribution in [0, 0.1) is 5.92 Å². The Morgan fingerprint density at radius 1 is 1.69 bits per heavy atom. The van der Waals surface area contributed by atoms with E-state index in [0.29, 0.717) is 5.92 Å². The van der Waals surface area contributed by atoms with E-state index in [9.17, 15) is 4.79 Å². The van der Waals surface area contributed by atoms with Gasteiger partial charge in [-0.05, 0) is 5.92 Å². The van der Waals surface area contributed by atoms with E-state index in [0.717, 1.165) is 12.2 Å². The van der Waals surface area contributed by atoms with Crippen LogP contribution in [0.3, 0.4) is 0 Å². The summed E-state index contributed by atoms with van der Waals surface area (Å²) in [5.41, 5.74) is 0. The van der Waals surface area contributed by atoms with E-state index in [1.54, 1.807) is 6.20 Å². The van der Waals surface area contributed by atoms with Crippen molar-refractivity contribution in [2.75, 3.05) is 0 Å². The number of nitrogens with zero attached hydrogens (tertiary/aromatic N) is 1. The minimum absolute atomic E-state index is 0.141. The molecule has 0 saturated carbocycles. The maximum atomic E-state index is 10.3. The summed E-state index contributed by atoms with van der Waals surface area (Å²) in [5.74, 6) is 0.609. The van der Waals surface area contributed by atoms with E-state index >= 15 is 0 Å². The summed E-state index contributed by atoms with van der Waals surface area (Å²) in [6.07, 6.45) is 2.25. The Morgan fingerprint density at radius 3 is 2.92 bits per heavy atom. The zero-order chi connectivity index (χ0) is 9.84. The minimum Gasteiger partial charge on any atom is -0.481 e. The zero-order valence-electron chi connectivity index (χ0n) is 7.78. The lowest BCUT2D eigenvalue weighted by Gasteiger charge is -1.98. The SMILES string of the molecule is CC(C)Cc1cnc(CC(=O)O)o1. The summed E-state index contributed by atoms with van der Waals surface area (Å²) in [5, 5.41) is 8.46. The molecule has 0 bridgehead atoms. The second-order valence-corrected chi connectivity index (χ2v) is 3.39. The first kappa shape index (κ1) is 9.77. The van der Waals surface area contributed by atoms with E-state index in [1.807, 2.05) is 0 Å². The lowest BCUT2D eigenvalue weighted by Crippen LogP contribution is -1.99. The Labute approximate surface area is 76.6 Å². The quantitative estimate of drug-likeness (QED) is 0.768. The molecule has 1 N–H and O–H groups in total. The number of rotatable bonds is 4. The average Bonchev–Trinajstić information content (AvgIpc) is 2.33. The fourth-order valence-corrected chi connectivity index (χ4v) is 1.06. The molecule has 1 aromatic heterocycles. The molecule has 0 fully saturated rings. The van der Waals surface area contributed by atoms with Gasteiger partial charge in [-0.3, -0.25) is 4.79 Å². The molecule has 0 radical (unpaired) electrons. The number of carboxylic acid groups (broad SMARTS) is 1. The third kappa shape index (κ3) is 3.27. The zero-order valence-corrected chi connectivity index (χ0v) is 7.78. The van der Waals surface area contributed by atoms with Gasteiger partial charge in [0.1, 0.15) is 12.2 Å². The molecule has 0 atom stereocenters. The van der Waals surface area contributed by atoms with Gasteiger partial charge in [0.15, 0.2) is 0 Å². The van der Waals surface area contributed by atoms with E-state index in [4.69, 9.17) is 9.52 Å². The second kappa shape index (κ2) is 4.07. The number of hydrogen-bond acceptors (Lipinski definition) is 3. The van der Waals surface area contributed by atoms with Crippen LogP contribution >= 0.6 is 0 Å². The van der Waals surface area contributed by atoms with Crippen molar-refractivity contribution in [3.63, 3.8) is 0 Å². The highest BCUT2D eigenvalue weighted by Crippen LogP contribution is 2.09. The molecule has 0 aliphatic rings. The van der Waals surface area contributed by atoms with Crippen molar-refractivity contribution in [1.82, 2.24) is 4.98 Å². The van der Waals surface area contributed by atoms with E-state index in [2.05, 4.69) is 18.8 Å². The molecule has 4 nitrogen and oxygen atoms in total. The number of aliphatic carboxylic acids is 1. The molecule has 0 aromatic carbocycles. The third-order valence-corrected chi connectivity index (χ3v) is 1.51. The fourth-order valence-electron chi connectivity index (χ4n) is 1.06. The molecule has 0 unspecified atom stereocenters. The summed E-state index contributed by atoms with van der Waals surface area (Å²) in [6, 6.07) is 0. The molecule has 1 aromatic rings. The molecular weight excluding hydrogens is 170 g/mol. The first-order chi connectivity index (χ1) is 6.08. The largest absolute Gasteiger partial charge is 0.481 e. The van der Waals surface area contributed by atoms with Gasteiger partial charge >= 0.3 is 5.97 Å². The van der Waals surface area contributed by atoms with Crippen LogP contribution in [0.1, 0.15) is 25.5 Å². The molecule has 0 amide bonds. The molecule has 0 spiro atoms. The number of hydrogen-bond donors (Lipinski definition) is 1. The highest BCUT2D eigenvalue weighted by atomic mass is 16.4. The Hall–Kier alpha value is -1.32. The van der Waals surface area contributed by atoms with Gasteiger partial charge < -0.3 is 9.52 Å². The van der Waals surface area contributed by atoms with Gasteiger partial charge in [0.05, 0.1) is 6.20 Å². The predicted molar refractivity (Wildman–Crippen MR) is 46.4 cm³/mol. The van der Waals surface area contributed by atoms with Gasteiger partial charge in [0.25, 0.3) is 0 Å². The van der Waals surface area contributed by atoms with Gasteiger partial charge in [-0.1, -0.05) is 13.8 Å². The predicted octanol–water partition coefficient (Wildman–Crippen LogP) is 1.50. The monoisotopic (exact) mass is 183 g/mol. The Morgan fingerprint density at radius 2 is 2.38 bits per heavy atom. The number of carbonyl (C=O) groups is 1. The molecule has 13 heavy (non-hydrogen) atoms. The standard InChI is InChI=1S/C9H13NO3/c1-6(2)3-7-5-10-8(13-7)4-9(11)12/h5-6H,3-4H2,1-2H3,(H,11,12). The smallest absolute Gasteiger partial charge is 0.312 e. The molecule has 1 heterocycles. The summed E-state index contributed by atoms with van der Waals surface area (Å²) >= 11 is 0. The van der Waals surface area contributed by atoms with Gasteiger partial charge in [-0.25, -0.2) is 4.98 Å². The maximum absolute atomic E-state index is 10.3. The Kier molecular flexibility index (Phi) is 3.06. The average molecular weight is 183 g/mol. The summed E-state index contributed by atoms with van der Waals surface area (Å²) in [4.78, 5) is 14.2. The number of carboxylic acids is 1. The van der Waals surface area contributed by atoms with Crippen LogP contribution in [0.5, 0.6) is 0 Å². The molecule has 0 aliphatic heterocycles. The lowest BCUT2D eigenvalue weighted by molar-refractivity contribution is -0.136. The Bertz CT molecular complexity index is 291. The van der Waals surface area contributed by atoms with Gasteiger partial charge in [0.2, 0.25) is 5.89 Å². The van der Waals surface area contributed by atoms with Gasteiger partial charge in [0, 0.05) is 6.42 Å². The topological polar surface area (TPSA) is 63.3 Å². The van der Waals surface area contributed by atoms with Gasteiger partial charge in [-0.15, -0.1) is 0 Å². The van der Waals surface area contributed by atoms with Crippen LogP contribution in [0.2, 0.25) is 0 Å².